The van der Waals surface area contributed by atoms with E-state index in [1.54, 1.807) is 0 Å². The molecule has 2 aromatic rings. The first-order chi connectivity index (χ1) is 22.6. The number of piperidine rings is 1. The van der Waals surface area contributed by atoms with Crippen LogP contribution in [0, 0.1) is 26.2 Å². The lowest BCUT2D eigenvalue weighted by Crippen LogP contribution is -2.24. The average molecular weight is 652 g/mol. The highest BCUT2D eigenvalue weighted by atomic mass is 15.1. The largest absolute Gasteiger partial charge is 0.355 e. The standard InChI is InChI=1S/C16H23N.C12H26.C7H8.C6H13N.C2H6.CH5N/c1-6-17(7-2)11-10-14(4)16-9-8-13(3)12-15(16)5;1-5-9-12(8-4,10-6-2)11-7-3;2*1-7-5-3-2-4-6-7;2*1-2/h6-9,12,14H,1-2,10-11H2,3-5H3;5-11H2,1-4H3;2-6H,1H3;2-6H2,1H3;1-2H3;2H2,1H3. The minimum atomic E-state index is 0.568. The summed E-state index contributed by atoms with van der Waals surface area (Å²) in [6.45, 7) is 33.1. The second kappa shape index (κ2) is 33.5. The van der Waals surface area contributed by atoms with Crippen molar-refractivity contribution in [3.05, 3.63) is 96.3 Å². The van der Waals surface area contributed by atoms with E-state index in [0.29, 0.717) is 11.3 Å². The molecule has 1 unspecified atom stereocenters. The van der Waals surface area contributed by atoms with Crippen molar-refractivity contribution >= 4 is 0 Å². The Morgan fingerprint density at radius 1 is 0.787 bits per heavy atom. The Balaban J connectivity index is -0.000000561. The number of benzene rings is 2. The maximum Gasteiger partial charge on any atom is 0.0224 e. The summed E-state index contributed by atoms with van der Waals surface area (Å²) in [5, 5.41) is 0. The molecular formula is C44H81N3. The Morgan fingerprint density at radius 3 is 1.60 bits per heavy atom. The summed E-state index contributed by atoms with van der Waals surface area (Å²) < 4.78 is 0. The molecule has 3 rings (SSSR count). The average Bonchev–Trinajstić information content (AvgIpc) is 3.09. The second-order valence-corrected chi connectivity index (χ2v) is 12.8. The molecule has 0 amide bonds. The van der Waals surface area contributed by atoms with Crippen LogP contribution in [0.25, 0.3) is 0 Å². The number of likely N-dealkylation sites (tertiary alicyclic amines) is 1. The van der Waals surface area contributed by atoms with Crippen LogP contribution in [0.5, 0.6) is 0 Å². The van der Waals surface area contributed by atoms with Gasteiger partial charge < -0.3 is 15.5 Å². The van der Waals surface area contributed by atoms with Crippen LogP contribution in [0.2, 0.25) is 0 Å². The molecule has 1 atom stereocenters. The SMILES string of the molecule is C=CN(C=C)CCC(C)c1ccc(C)cc1C.CC.CCCC(CC)(CCC)CCC.CN.CN1CCCCC1.Cc1ccccc1. The highest BCUT2D eigenvalue weighted by Gasteiger charge is 2.24. The van der Waals surface area contributed by atoms with Crippen molar-refractivity contribution in [1.29, 1.82) is 0 Å². The van der Waals surface area contributed by atoms with Crippen LogP contribution in [0.1, 0.15) is 147 Å². The molecule has 272 valence electrons. The maximum absolute atomic E-state index is 4.50. The zero-order valence-corrected chi connectivity index (χ0v) is 33.6. The van der Waals surface area contributed by atoms with Crippen LogP contribution < -0.4 is 5.73 Å². The van der Waals surface area contributed by atoms with Crippen molar-refractivity contribution < 1.29 is 0 Å². The number of rotatable bonds is 13. The summed E-state index contributed by atoms with van der Waals surface area (Å²) >= 11 is 0. The molecule has 0 aliphatic carbocycles. The van der Waals surface area contributed by atoms with E-state index in [2.05, 4.69) is 117 Å². The fraction of sp³-hybridized carbons (Fsp3) is 0.636. The predicted molar refractivity (Wildman–Crippen MR) is 217 cm³/mol. The number of aryl methyl sites for hydroxylation is 3. The topological polar surface area (TPSA) is 32.5 Å². The summed E-state index contributed by atoms with van der Waals surface area (Å²) in [5.74, 6) is 0.568. The van der Waals surface area contributed by atoms with Gasteiger partial charge in [0.15, 0.2) is 0 Å². The molecule has 0 aromatic heterocycles. The molecule has 1 heterocycles. The zero-order chi connectivity index (χ0) is 36.5. The summed E-state index contributed by atoms with van der Waals surface area (Å²) in [6, 6.07) is 17.0. The Hall–Kier alpha value is -2.36. The third kappa shape index (κ3) is 25.3. The molecule has 2 aromatic carbocycles. The summed E-state index contributed by atoms with van der Waals surface area (Å²) in [4.78, 5) is 4.42. The number of nitrogens with zero attached hydrogens (tertiary/aromatic N) is 2. The minimum Gasteiger partial charge on any atom is -0.355 e. The molecule has 1 aliphatic heterocycles. The Bertz CT molecular complexity index is 921. The van der Waals surface area contributed by atoms with Gasteiger partial charge in [-0.2, -0.15) is 0 Å². The fourth-order valence-corrected chi connectivity index (χ4v) is 6.22. The van der Waals surface area contributed by atoms with Gasteiger partial charge >= 0.3 is 0 Å². The lowest BCUT2D eigenvalue weighted by Gasteiger charge is -2.32. The monoisotopic (exact) mass is 652 g/mol. The van der Waals surface area contributed by atoms with Crippen molar-refractivity contribution in [2.75, 3.05) is 33.7 Å². The first kappa shape index (κ1) is 49.0. The molecule has 0 bridgehead atoms. The third-order valence-corrected chi connectivity index (χ3v) is 8.86. The first-order valence-corrected chi connectivity index (χ1v) is 19.0. The van der Waals surface area contributed by atoms with E-state index in [-0.39, 0.29) is 0 Å². The third-order valence-electron chi connectivity index (χ3n) is 8.86. The van der Waals surface area contributed by atoms with Crippen LogP contribution >= 0.6 is 0 Å². The molecule has 47 heavy (non-hydrogen) atoms. The van der Waals surface area contributed by atoms with E-state index in [1.165, 1.54) is 107 Å². The van der Waals surface area contributed by atoms with Gasteiger partial charge in [-0.1, -0.05) is 153 Å². The summed E-state index contributed by atoms with van der Waals surface area (Å²) in [6.07, 6.45) is 18.8. The number of hydrogen-bond donors (Lipinski definition) is 1. The molecule has 3 heteroatoms. The van der Waals surface area contributed by atoms with Crippen LogP contribution in [0.15, 0.2) is 74.1 Å². The van der Waals surface area contributed by atoms with Gasteiger partial charge in [0.2, 0.25) is 0 Å². The van der Waals surface area contributed by atoms with Gasteiger partial charge in [-0.3, -0.25) is 0 Å². The van der Waals surface area contributed by atoms with E-state index in [1.807, 2.05) is 49.3 Å². The van der Waals surface area contributed by atoms with Gasteiger partial charge in [0.05, 0.1) is 0 Å². The fourth-order valence-electron chi connectivity index (χ4n) is 6.22. The van der Waals surface area contributed by atoms with Crippen LogP contribution in [0.3, 0.4) is 0 Å². The van der Waals surface area contributed by atoms with Crippen molar-refractivity contribution in [3.63, 3.8) is 0 Å². The van der Waals surface area contributed by atoms with Gasteiger partial charge in [-0.15, -0.1) is 0 Å². The molecule has 0 radical (unpaired) electrons. The number of hydrogen-bond acceptors (Lipinski definition) is 3. The molecule has 1 saturated heterocycles. The van der Waals surface area contributed by atoms with Crippen LogP contribution in [0.4, 0.5) is 0 Å². The highest BCUT2D eigenvalue weighted by Crippen LogP contribution is 2.38. The van der Waals surface area contributed by atoms with Crippen molar-refractivity contribution in [2.45, 2.75) is 146 Å². The second-order valence-electron chi connectivity index (χ2n) is 12.8. The van der Waals surface area contributed by atoms with E-state index in [4.69, 9.17) is 0 Å². The molecule has 1 fully saturated rings. The maximum atomic E-state index is 4.50. The van der Waals surface area contributed by atoms with Crippen molar-refractivity contribution in [3.8, 4) is 0 Å². The van der Waals surface area contributed by atoms with Gasteiger partial charge in [-0.25, -0.2) is 0 Å². The molecule has 1 aliphatic rings. The lowest BCUT2D eigenvalue weighted by atomic mass is 9.74. The Morgan fingerprint density at radius 2 is 1.28 bits per heavy atom. The minimum absolute atomic E-state index is 0.568. The highest BCUT2D eigenvalue weighted by molar-refractivity contribution is 5.32. The van der Waals surface area contributed by atoms with E-state index >= 15 is 0 Å². The van der Waals surface area contributed by atoms with Crippen molar-refractivity contribution in [2.24, 2.45) is 11.1 Å². The Labute approximate surface area is 296 Å². The normalized spacial score (nSPS) is 12.7. The van der Waals surface area contributed by atoms with Crippen LogP contribution in [-0.2, 0) is 0 Å². The molecule has 2 N–H and O–H groups in total. The predicted octanol–water partition coefficient (Wildman–Crippen LogP) is 12.9. The summed E-state index contributed by atoms with van der Waals surface area (Å²) in [7, 11) is 3.69. The van der Waals surface area contributed by atoms with Gasteiger partial charge in [0.1, 0.15) is 0 Å². The molecular weight excluding hydrogens is 571 g/mol. The quantitative estimate of drug-likeness (QED) is 0.234. The molecule has 3 nitrogen and oxygen atoms in total. The smallest absolute Gasteiger partial charge is 0.0224 e. The van der Waals surface area contributed by atoms with E-state index < -0.39 is 0 Å². The van der Waals surface area contributed by atoms with Gasteiger partial charge in [-0.05, 0) is 121 Å². The van der Waals surface area contributed by atoms with Gasteiger partial charge in [0, 0.05) is 6.54 Å². The zero-order valence-electron chi connectivity index (χ0n) is 33.6. The van der Waals surface area contributed by atoms with Crippen LogP contribution in [-0.4, -0.2) is 43.5 Å². The Kier molecular flexibility index (Phi) is 35.0. The lowest BCUT2D eigenvalue weighted by molar-refractivity contribution is 0.202. The molecule has 0 spiro atoms. The molecule has 0 saturated carbocycles. The first-order valence-electron chi connectivity index (χ1n) is 19.0. The summed E-state index contributed by atoms with van der Waals surface area (Å²) in [5.41, 5.74) is 10.7. The van der Waals surface area contributed by atoms with Crippen molar-refractivity contribution in [1.82, 2.24) is 9.80 Å². The van der Waals surface area contributed by atoms with Gasteiger partial charge in [0.25, 0.3) is 0 Å². The van der Waals surface area contributed by atoms with E-state index in [0.717, 1.165) is 13.0 Å². The van der Waals surface area contributed by atoms with E-state index in [9.17, 15) is 0 Å². The number of nitrogens with two attached hydrogens (primary N) is 1.